The van der Waals surface area contributed by atoms with Gasteiger partial charge in [-0.15, -0.1) is 0 Å². The molecule has 0 saturated carbocycles. The lowest BCUT2D eigenvalue weighted by molar-refractivity contribution is -0.895. The number of methoxy groups -OCH3 is 1. The van der Waals surface area contributed by atoms with Crippen LogP contribution in [0.1, 0.15) is 5.56 Å². The Hall–Kier alpha value is -3.06. The molecule has 3 N–H and O–H groups in total. The summed E-state index contributed by atoms with van der Waals surface area (Å²) in [5.41, 5.74) is 2.78. The van der Waals surface area contributed by atoms with Gasteiger partial charge in [-0.25, -0.2) is 0 Å². The lowest BCUT2D eigenvalue weighted by atomic mass is 10.2. The first-order chi connectivity index (χ1) is 14.0. The highest BCUT2D eigenvalue weighted by molar-refractivity contribution is 5.91. The molecule has 0 unspecified atom stereocenters. The number of nitrogens with zero attached hydrogens (tertiary/aromatic N) is 1. The molecule has 2 aromatic rings. The largest absolute Gasteiger partial charge is 0.495 e. The van der Waals surface area contributed by atoms with Crippen molar-refractivity contribution in [3.05, 3.63) is 54.1 Å². The van der Waals surface area contributed by atoms with E-state index >= 15 is 0 Å². The van der Waals surface area contributed by atoms with E-state index in [0.29, 0.717) is 25.4 Å². The summed E-state index contributed by atoms with van der Waals surface area (Å²) in [5, 5.41) is 6.09. The fourth-order valence-corrected chi connectivity index (χ4v) is 3.39. The highest BCUT2D eigenvalue weighted by atomic mass is 16.5. The van der Waals surface area contributed by atoms with Crippen LogP contribution in [0.25, 0.3) is 0 Å². The van der Waals surface area contributed by atoms with Crippen molar-refractivity contribution >= 4 is 23.2 Å². The molecule has 0 bridgehead atoms. The summed E-state index contributed by atoms with van der Waals surface area (Å²) in [7, 11) is 1.61. The predicted octanol–water partition coefficient (Wildman–Crippen LogP) is 0.781. The second-order valence-corrected chi connectivity index (χ2v) is 7.28. The summed E-state index contributed by atoms with van der Waals surface area (Å²) in [4.78, 5) is 27.8. The third kappa shape index (κ3) is 5.96. The minimum atomic E-state index is 0.00136. The van der Waals surface area contributed by atoms with Gasteiger partial charge < -0.3 is 25.2 Å². The molecular formula is C22H29N4O3+. The van der Waals surface area contributed by atoms with E-state index in [-0.39, 0.29) is 18.4 Å². The Bertz CT molecular complexity index is 830. The Morgan fingerprint density at radius 3 is 2.45 bits per heavy atom. The van der Waals surface area contributed by atoms with Crippen LogP contribution in [0.4, 0.5) is 11.4 Å². The minimum absolute atomic E-state index is 0.00136. The maximum atomic E-state index is 12.5. The highest BCUT2D eigenvalue weighted by Gasteiger charge is 2.25. The van der Waals surface area contributed by atoms with Gasteiger partial charge in [-0.05, 0) is 31.2 Å². The van der Waals surface area contributed by atoms with E-state index in [1.807, 2.05) is 60.4 Å². The third-order valence-corrected chi connectivity index (χ3v) is 5.11. The van der Waals surface area contributed by atoms with Gasteiger partial charge in [0.05, 0.1) is 45.5 Å². The van der Waals surface area contributed by atoms with Crippen molar-refractivity contribution in [3.8, 4) is 5.75 Å². The maximum absolute atomic E-state index is 12.5. The number of quaternary nitrogens is 1. The number of aryl methyl sites for hydroxylation is 1. The van der Waals surface area contributed by atoms with Gasteiger partial charge in [-0.2, -0.15) is 0 Å². The molecule has 0 radical (unpaired) electrons. The number of benzene rings is 2. The number of anilines is 2. The lowest BCUT2D eigenvalue weighted by Crippen LogP contribution is -3.15. The molecule has 1 heterocycles. The molecule has 0 aliphatic carbocycles. The minimum Gasteiger partial charge on any atom is -0.495 e. The van der Waals surface area contributed by atoms with Gasteiger partial charge in [-0.3, -0.25) is 9.59 Å². The van der Waals surface area contributed by atoms with E-state index in [1.165, 1.54) is 4.90 Å². The number of hydrogen-bond donors (Lipinski definition) is 3. The van der Waals surface area contributed by atoms with Crippen molar-refractivity contribution < 1.29 is 19.2 Å². The van der Waals surface area contributed by atoms with Gasteiger partial charge in [0.15, 0.2) is 6.54 Å². The van der Waals surface area contributed by atoms with Crippen LogP contribution in [0.5, 0.6) is 5.75 Å². The Labute approximate surface area is 171 Å². The van der Waals surface area contributed by atoms with Crippen LogP contribution in [-0.2, 0) is 9.59 Å². The van der Waals surface area contributed by atoms with Crippen LogP contribution >= 0.6 is 0 Å². The number of hydrogen-bond acceptors (Lipinski definition) is 4. The second-order valence-electron chi connectivity index (χ2n) is 7.28. The Morgan fingerprint density at radius 2 is 1.76 bits per heavy atom. The van der Waals surface area contributed by atoms with E-state index in [0.717, 1.165) is 30.0 Å². The zero-order valence-electron chi connectivity index (χ0n) is 17.0. The van der Waals surface area contributed by atoms with Gasteiger partial charge in [0, 0.05) is 5.69 Å². The van der Waals surface area contributed by atoms with E-state index < -0.39 is 0 Å². The highest BCUT2D eigenvalue weighted by Crippen LogP contribution is 2.22. The Balaban J connectivity index is 1.40. The molecule has 1 aliphatic rings. The van der Waals surface area contributed by atoms with Crippen LogP contribution in [0.3, 0.4) is 0 Å². The first-order valence-corrected chi connectivity index (χ1v) is 9.90. The van der Waals surface area contributed by atoms with E-state index in [9.17, 15) is 9.59 Å². The van der Waals surface area contributed by atoms with Crippen molar-refractivity contribution in [2.45, 2.75) is 6.92 Å². The molecule has 1 saturated heterocycles. The molecule has 1 aliphatic heterocycles. The van der Waals surface area contributed by atoms with Crippen LogP contribution in [0.2, 0.25) is 0 Å². The number of carbonyl (C=O) groups is 2. The SMILES string of the molecule is COc1ccccc1NCC(=O)N1CC[NH+](CC(=O)Nc2ccc(C)cc2)CC1. The normalized spacial score (nSPS) is 14.3. The number of piperazine rings is 1. The van der Waals surface area contributed by atoms with Gasteiger partial charge in [0.2, 0.25) is 5.91 Å². The molecule has 2 aromatic carbocycles. The molecular weight excluding hydrogens is 368 g/mol. The molecule has 3 rings (SSSR count). The first kappa shape index (κ1) is 20.7. The van der Waals surface area contributed by atoms with Crippen molar-refractivity contribution in [1.29, 1.82) is 0 Å². The number of amides is 2. The van der Waals surface area contributed by atoms with Crippen molar-refractivity contribution in [3.63, 3.8) is 0 Å². The fraction of sp³-hybridized carbons (Fsp3) is 0.364. The number of carbonyl (C=O) groups excluding carboxylic acids is 2. The molecule has 0 spiro atoms. The Kier molecular flexibility index (Phi) is 7.08. The predicted molar refractivity (Wildman–Crippen MR) is 113 cm³/mol. The average molecular weight is 397 g/mol. The summed E-state index contributed by atoms with van der Waals surface area (Å²) >= 11 is 0. The number of ether oxygens (including phenoxy) is 1. The van der Waals surface area contributed by atoms with Gasteiger partial charge >= 0.3 is 0 Å². The van der Waals surface area contributed by atoms with Crippen LogP contribution < -0.4 is 20.3 Å². The topological polar surface area (TPSA) is 75.1 Å². The molecule has 7 heteroatoms. The monoisotopic (exact) mass is 397 g/mol. The van der Waals surface area contributed by atoms with Crippen LogP contribution in [0, 0.1) is 6.92 Å². The smallest absolute Gasteiger partial charge is 0.279 e. The quantitative estimate of drug-likeness (QED) is 0.646. The van der Waals surface area contributed by atoms with E-state index in [1.54, 1.807) is 7.11 Å². The van der Waals surface area contributed by atoms with Gasteiger partial charge in [0.1, 0.15) is 5.75 Å². The van der Waals surface area contributed by atoms with E-state index in [2.05, 4.69) is 10.6 Å². The molecule has 7 nitrogen and oxygen atoms in total. The first-order valence-electron chi connectivity index (χ1n) is 9.90. The number of rotatable bonds is 7. The summed E-state index contributed by atoms with van der Waals surface area (Å²) in [6.07, 6.45) is 0. The summed E-state index contributed by atoms with van der Waals surface area (Å²) in [6.45, 7) is 5.49. The molecule has 154 valence electrons. The van der Waals surface area contributed by atoms with Gasteiger partial charge in [0.25, 0.3) is 5.91 Å². The van der Waals surface area contributed by atoms with Crippen molar-refractivity contribution in [2.24, 2.45) is 0 Å². The van der Waals surface area contributed by atoms with Gasteiger partial charge in [-0.1, -0.05) is 29.8 Å². The van der Waals surface area contributed by atoms with E-state index in [4.69, 9.17) is 4.74 Å². The fourth-order valence-electron chi connectivity index (χ4n) is 3.39. The summed E-state index contributed by atoms with van der Waals surface area (Å²) in [6, 6.07) is 15.3. The lowest BCUT2D eigenvalue weighted by Gasteiger charge is -2.32. The maximum Gasteiger partial charge on any atom is 0.279 e. The van der Waals surface area contributed by atoms with Crippen LogP contribution in [-0.4, -0.2) is 63.1 Å². The number of nitrogens with one attached hydrogen (secondary N) is 3. The van der Waals surface area contributed by atoms with Crippen molar-refractivity contribution in [1.82, 2.24) is 4.90 Å². The Morgan fingerprint density at radius 1 is 1.07 bits per heavy atom. The van der Waals surface area contributed by atoms with Crippen molar-refractivity contribution in [2.75, 3.05) is 57.0 Å². The zero-order valence-corrected chi connectivity index (χ0v) is 17.0. The van der Waals surface area contributed by atoms with Crippen LogP contribution in [0.15, 0.2) is 48.5 Å². The summed E-state index contributed by atoms with van der Waals surface area (Å²) < 4.78 is 5.29. The summed E-state index contributed by atoms with van der Waals surface area (Å²) in [5.74, 6) is 0.773. The average Bonchev–Trinajstić information content (AvgIpc) is 2.74. The standard InChI is InChI=1S/C22H28N4O3/c1-17-7-9-18(10-8-17)24-21(27)16-25-11-13-26(14-12-25)22(28)15-23-19-5-3-4-6-20(19)29-2/h3-10,23H,11-16H2,1-2H3,(H,24,27)/p+1. The second kappa shape index (κ2) is 9.93. The molecule has 29 heavy (non-hydrogen) atoms. The molecule has 0 aromatic heterocycles. The third-order valence-electron chi connectivity index (χ3n) is 5.11. The number of para-hydroxylation sites is 2. The zero-order chi connectivity index (χ0) is 20.6. The molecule has 2 amide bonds. The molecule has 0 atom stereocenters. The molecule has 1 fully saturated rings.